The zero-order valence-corrected chi connectivity index (χ0v) is 12.0. The quantitative estimate of drug-likeness (QED) is 0.873. The molecular weight excluding hydrogens is 285 g/mol. The largest absolute Gasteiger partial charge is 0.458 e. The Bertz CT molecular complexity index is 651. The van der Waals surface area contributed by atoms with Crippen molar-refractivity contribution in [3.05, 3.63) is 54.1 Å². The van der Waals surface area contributed by atoms with Gasteiger partial charge in [0.05, 0.1) is 6.54 Å². The Labute approximate surface area is 127 Å². The summed E-state index contributed by atoms with van der Waals surface area (Å²) in [6.45, 7) is 1.10. The van der Waals surface area contributed by atoms with Crippen molar-refractivity contribution in [3.63, 3.8) is 0 Å². The fraction of sp³-hybridized carbons (Fsp3) is 0.312. The molecule has 1 atom stereocenters. The van der Waals surface area contributed by atoms with E-state index in [2.05, 4.69) is 9.97 Å². The van der Waals surface area contributed by atoms with E-state index in [4.69, 9.17) is 4.74 Å². The molecule has 6 heteroatoms. The number of ether oxygens (including phenoxy) is 1. The molecule has 0 bridgehead atoms. The smallest absolute Gasteiger partial charge is 0.316 e. The third-order valence-corrected chi connectivity index (χ3v) is 3.55. The molecule has 5 nitrogen and oxygen atoms in total. The van der Waals surface area contributed by atoms with E-state index in [1.807, 2.05) is 0 Å². The van der Waals surface area contributed by atoms with Crippen LogP contribution in [-0.4, -0.2) is 40.0 Å². The lowest BCUT2D eigenvalue weighted by Crippen LogP contribution is -2.44. The molecule has 0 radical (unpaired) electrons. The number of halogens is 1. The lowest BCUT2D eigenvalue weighted by Gasteiger charge is -2.32. The van der Waals surface area contributed by atoms with Crippen LogP contribution < -0.4 is 4.74 Å². The van der Waals surface area contributed by atoms with E-state index in [0.717, 1.165) is 12.8 Å². The van der Waals surface area contributed by atoms with E-state index in [1.54, 1.807) is 29.4 Å². The van der Waals surface area contributed by atoms with Crippen LogP contribution in [0.1, 0.15) is 23.2 Å². The molecule has 1 unspecified atom stereocenters. The standard InChI is InChI=1S/C16H16FN3O2/c17-13-5-1-4-12(10-13)15(21)20-9-2-6-14(11-20)22-16-18-7-3-8-19-16/h1,3-5,7-8,10,14H,2,6,9,11H2. The summed E-state index contributed by atoms with van der Waals surface area (Å²) < 4.78 is 19.0. The monoisotopic (exact) mass is 301 g/mol. The molecule has 1 aliphatic rings. The highest BCUT2D eigenvalue weighted by Gasteiger charge is 2.26. The number of amides is 1. The van der Waals surface area contributed by atoms with Gasteiger partial charge in [0, 0.05) is 24.5 Å². The average molecular weight is 301 g/mol. The summed E-state index contributed by atoms with van der Waals surface area (Å²) in [5.41, 5.74) is 0.358. The molecule has 1 fully saturated rings. The third kappa shape index (κ3) is 3.39. The molecule has 1 saturated heterocycles. The fourth-order valence-electron chi connectivity index (χ4n) is 2.52. The SMILES string of the molecule is O=C(c1cccc(F)c1)N1CCCC(Oc2ncccn2)C1. The minimum absolute atomic E-state index is 0.145. The number of hydrogen-bond acceptors (Lipinski definition) is 4. The number of nitrogens with zero attached hydrogens (tertiary/aromatic N) is 3. The van der Waals surface area contributed by atoms with Crippen LogP contribution in [0.4, 0.5) is 4.39 Å². The second-order valence-corrected chi connectivity index (χ2v) is 5.17. The van der Waals surface area contributed by atoms with Crippen molar-refractivity contribution in [1.29, 1.82) is 0 Å². The Morgan fingerprint density at radius 2 is 2.09 bits per heavy atom. The van der Waals surface area contributed by atoms with Crippen LogP contribution in [0.25, 0.3) is 0 Å². The topological polar surface area (TPSA) is 55.3 Å². The summed E-state index contributed by atoms with van der Waals surface area (Å²) in [6, 6.07) is 7.77. The Morgan fingerprint density at radius 1 is 1.27 bits per heavy atom. The van der Waals surface area contributed by atoms with E-state index in [0.29, 0.717) is 24.7 Å². The van der Waals surface area contributed by atoms with Crippen molar-refractivity contribution in [2.75, 3.05) is 13.1 Å². The van der Waals surface area contributed by atoms with Gasteiger partial charge in [-0.05, 0) is 37.1 Å². The summed E-state index contributed by atoms with van der Waals surface area (Å²) in [5.74, 6) is -0.588. The highest BCUT2D eigenvalue weighted by molar-refractivity contribution is 5.94. The molecule has 0 aliphatic carbocycles. The maximum absolute atomic E-state index is 13.2. The molecule has 1 aromatic heterocycles. The van der Waals surface area contributed by atoms with Crippen LogP contribution in [0.2, 0.25) is 0 Å². The van der Waals surface area contributed by atoms with Crippen LogP contribution in [0.15, 0.2) is 42.7 Å². The highest BCUT2D eigenvalue weighted by Crippen LogP contribution is 2.17. The molecule has 1 amide bonds. The number of benzene rings is 1. The number of likely N-dealkylation sites (tertiary alicyclic amines) is 1. The Kier molecular flexibility index (Phi) is 4.27. The number of carbonyl (C=O) groups excluding carboxylic acids is 1. The lowest BCUT2D eigenvalue weighted by atomic mass is 10.1. The van der Waals surface area contributed by atoms with Gasteiger partial charge in [0.25, 0.3) is 5.91 Å². The number of aromatic nitrogens is 2. The minimum atomic E-state index is -0.409. The van der Waals surface area contributed by atoms with Crippen LogP contribution in [-0.2, 0) is 0 Å². The van der Waals surface area contributed by atoms with Gasteiger partial charge in [-0.15, -0.1) is 0 Å². The lowest BCUT2D eigenvalue weighted by molar-refractivity contribution is 0.0515. The second-order valence-electron chi connectivity index (χ2n) is 5.17. The molecule has 0 saturated carbocycles. The van der Waals surface area contributed by atoms with Crippen LogP contribution in [0.5, 0.6) is 6.01 Å². The number of piperidine rings is 1. The summed E-state index contributed by atoms with van der Waals surface area (Å²) in [6.07, 6.45) is 4.75. The van der Waals surface area contributed by atoms with Gasteiger partial charge < -0.3 is 9.64 Å². The molecule has 1 aliphatic heterocycles. The van der Waals surface area contributed by atoms with Gasteiger partial charge in [-0.3, -0.25) is 4.79 Å². The molecule has 2 heterocycles. The first kappa shape index (κ1) is 14.4. The molecular formula is C16H16FN3O2. The first-order valence-electron chi connectivity index (χ1n) is 7.21. The maximum atomic E-state index is 13.2. The van der Waals surface area contributed by atoms with Crippen LogP contribution >= 0.6 is 0 Å². The molecule has 0 spiro atoms. The Morgan fingerprint density at radius 3 is 2.86 bits per heavy atom. The normalized spacial score (nSPS) is 18.0. The van der Waals surface area contributed by atoms with Crippen molar-refractivity contribution in [3.8, 4) is 6.01 Å². The molecule has 1 aromatic carbocycles. The van der Waals surface area contributed by atoms with Crippen molar-refractivity contribution in [2.45, 2.75) is 18.9 Å². The first-order chi connectivity index (χ1) is 10.7. The summed E-state index contributed by atoms with van der Waals surface area (Å²) in [4.78, 5) is 22.2. The number of rotatable bonds is 3. The second kappa shape index (κ2) is 6.51. The van der Waals surface area contributed by atoms with Gasteiger partial charge >= 0.3 is 6.01 Å². The van der Waals surface area contributed by atoms with Crippen molar-refractivity contribution >= 4 is 5.91 Å². The van der Waals surface area contributed by atoms with Crippen molar-refractivity contribution in [2.24, 2.45) is 0 Å². The zero-order chi connectivity index (χ0) is 15.4. The van der Waals surface area contributed by atoms with Gasteiger partial charge in [0.2, 0.25) is 0 Å². The van der Waals surface area contributed by atoms with Crippen LogP contribution in [0.3, 0.4) is 0 Å². The third-order valence-electron chi connectivity index (χ3n) is 3.55. The Hall–Kier alpha value is -2.50. The van der Waals surface area contributed by atoms with E-state index < -0.39 is 5.82 Å². The van der Waals surface area contributed by atoms with Gasteiger partial charge in [-0.2, -0.15) is 0 Å². The Balaban J connectivity index is 1.66. The van der Waals surface area contributed by atoms with E-state index in [1.165, 1.54) is 18.2 Å². The average Bonchev–Trinajstić information content (AvgIpc) is 2.55. The van der Waals surface area contributed by atoms with Crippen molar-refractivity contribution in [1.82, 2.24) is 14.9 Å². The maximum Gasteiger partial charge on any atom is 0.316 e. The molecule has 2 aromatic rings. The molecule has 22 heavy (non-hydrogen) atoms. The predicted molar refractivity (Wildman–Crippen MR) is 78.0 cm³/mol. The predicted octanol–water partition coefficient (Wildman–Crippen LogP) is 2.30. The van der Waals surface area contributed by atoms with E-state index >= 15 is 0 Å². The van der Waals surface area contributed by atoms with Crippen LogP contribution in [0, 0.1) is 5.82 Å². The molecule has 114 valence electrons. The number of carbonyl (C=O) groups is 1. The van der Waals surface area contributed by atoms with Crippen molar-refractivity contribution < 1.29 is 13.9 Å². The van der Waals surface area contributed by atoms with E-state index in [9.17, 15) is 9.18 Å². The minimum Gasteiger partial charge on any atom is -0.458 e. The fourth-order valence-corrected chi connectivity index (χ4v) is 2.52. The van der Waals surface area contributed by atoms with Gasteiger partial charge in [-0.1, -0.05) is 6.07 Å². The number of hydrogen-bond donors (Lipinski definition) is 0. The summed E-state index contributed by atoms with van der Waals surface area (Å²) >= 11 is 0. The highest BCUT2D eigenvalue weighted by atomic mass is 19.1. The summed E-state index contributed by atoms with van der Waals surface area (Å²) in [5, 5.41) is 0. The molecule has 0 N–H and O–H groups in total. The first-order valence-corrected chi connectivity index (χ1v) is 7.21. The summed E-state index contributed by atoms with van der Waals surface area (Å²) in [7, 11) is 0. The van der Waals surface area contributed by atoms with E-state index in [-0.39, 0.29) is 12.0 Å². The van der Waals surface area contributed by atoms with Gasteiger partial charge in [0.1, 0.15) is 11.9 Å². The zero-order valence-electron chi connectivity index (χ0n) is 12.0. The van der Waals surface area contributed by atoms with Gasteiger partial charge in [0.15, 0.2) is 0 Å². The van der Waals surface area contributed by atoms with Gasteiger partial charge in [-0.25, -0.2) is 14.4 Å². The molecule has 3 rings (SSSR count).